The van der Waals surface area contributed by atoms with Crippen LogP contribution in [0.15, 0.2) is 0 Å². The maximum Gasteiger partial charge on any atom is 0.163 e. The van der Waals surface area contributed by atoms with E-state index < -0.39 is 11.2 Å². The highest BCUT2D eigenvalue weighted by Gasteiger charge is 2.47. The summed E-state index contributed by atoms with van der Waals surface area (Å²) in [5.41, 5.74) is -0.643. The molecule has 0 spiro atoms. The van der Waals surface area contributed by atoms with Gasteiger partial charge >= 0.3 is 0 Å². The fraction of sp³-hybridized carbons (Fsp3) is 0.962. The standard InChI is InChI=1S/C26H48O6/c1-8-20(24(28)25(4,5)21-15-17-30-26(6,7)32-21)23(18(2)12-11-13-19(3)27)31-22-14-9-10-16-29-22/h18-23,27H,8-17H2,1-7H3/t18-,19?,20?,21-,22?,23-/m0/s1. The Morgan fingerprint density at radius 1 is 1.16 bits per heavy atom. The van der Waals surface area contributed by atoms with E-state index in [9.17, 15) is 9.90 Å². The molecule has 0 radical (unpaired) electrons. The van der Waals surface area contributed by atoms with Crippen molar-refractivity contribution in [2.45, 2.75) is 130 Å². The molecule has 6 atom stereocenters. The van der Waals surface area contributed by atoms with Gasteiger partial charge < -0.3 is 24.1 Å². The maximum absolute atomic E-state index is 14.0. The summed E-state index contributed by atoms with van der Waals surface area (Å²) in [4.78, 5) is 14.0. The predicted molar refractivity (Wildman–Crippen MR) is 125 cm³/mol. The Bertz CT molecular complexity index is 567. The number of aliphatic hydroxyl groups excluding tert-OH is 1. The lowest BCUT2D eigenvalue weighted by molar-refractivity contribution is -0.289. The number of ether oxygens (including phenoxy) is 4. The van der Waals surface area contributed by atoms with Crippen molar-refractivity contribution in [2.75, 3.05) is 13.2 Å². The summed E-state index contributed by atoms with van der Waals surface area (Å²) >= 11 is 0. The molecular formula is C26H48O6. The minimum atomic E-state index is -0.678. The molecule has 32 heavy (non-hydrogen) atoms. The van der Waals surface area contributed by atoms with Crippen LogP contribution in [0.2, 0.25) is 0 Å². The highest BCUT2D eigenvalue weighted by atomic mass is 16.7. The molecule has 0 aliphatic carbocycles. The molecule has 2 rings (SSSR count). The summed E-state index contributed by atoms with van der Waals surface area (Å²) in [6.07, 6.45) is 6.09. The van der Waals surface area contributed by atoms with Gasteiger partial charge in [0.2, 0.25) is 0 Å². The minimum absolute atomic E-state index is 0.190. The zero-order chi connectivity index (χ0) is 23.9. The molecule has 2 heterocycles. The molecule has 0 saturated carbocycles. The molecule has 0 aromatic heterocycles. The van der Waals surface area contributed by atoms with Crippen molar-refractivity contribution in [2.24, 2.45) is 17.3 Å². The van der Waals surface area contributed by atoms with Gasteiger partial charge in [-0.25, -0.2) is 0 Å². The number of carbonyl (C=O) groups is 1. The van der Waals surface area contributed by atoms with Gasteiger partial charge in [-0.15, -0.1) is 0 Å². The number of Topliss-reactive ketones (excluding diaryl/α,β-unsaturated/α-hetero) is 1. The quantitative estimate of drug-likeness (QED) is 0.432. The summed E-state index contributed by atoms with van der Waals surface area (Å²) in [6, 6.07) is 0. The fourth-order valence-electron chi connectivity index (χ4n) is 5.08. The lowest BCUT2D eigenvalue weighted by Gasteiger charge is -2.45. The summed E-state index contributed by atoms with van der Waals surface area (Å²) in [5, 5.41) is 9.67. The van der Waals surface area contributed by atoms with Gasteiger partial charge in [-0.3, -0.25) is 4.79 Å². The number of rotatable bonds is 12. The van der Waals surface area contributed by atoms with E-state index >= 15 is 0 Å². The lowest BCUT2D eigenvalue weighted by atomic mass is 9.71. The molecule has 2 aliphatic heterocycles. The molecular weight excluding hydrogens is 408 g/mol. The Hall–Kier alpha value is -0.530. The predicted octanol–water partition coefficient (Wildman–Crippen LogP) is 5.25. The van der Waals surface area contributed by atoms with Gasteiger partial charge in [-0.2, -0.15) is 0 Å². The molecule has 0 bridgehead atoms. The Morgan fingerprint density at radius 2 is 1.88 bits per heavy atom. The smallest absolute Gasteiger partial charge is 0.163 e. The molecule has 3 unspecified atom stereocenters. The summed E-state index contributed by atoms with van der Waals surface area (Å²) in [7, 11) is 0. The van der Waals surface area contributed by atoms with Crippen molar-refractivity contribution >= 4 is 5.78 Å². The van der Waals surface area contributed by atoms with E-state index in [1.54, 1.807) is 0 Å². The van der Waals surface area contributed by atoms with E-state index in [4.69, 9.17) is 18.9 Å². The zero-order valence-corrected chi connectivity index (χ0v) is 21.5. The number of hydrogen-bond donors (Lipinski definition) is 1. The van der Waals surface area contributed by atoms with E-state index in [2.05, 4.69) is 13.8 Å². The van der Waals surface area contributed by atoms with E-state index in [0.717, 1.165) is 45.1 Å². The normalized spacial score (nSPS) is 28.0. The van der Waals surface area contributed by atoms with Crippen LogP contribution < -0.4 is 0 Å². The van der Waals surface area contributed by atoms with Crippen LogP contribution >= 0.6 is 0 Å². The van der Waals surface area contributed by atoms with Crippen LogP contribution in [0.3, 0.4) is 0 Å². The summed E-state index contributed by atoms with van der Waals surface area (Å²) < 4.78 is 24.3. The maximum atomic E-state index is 14.0. The van der Waals surface area contributed by atoms with Gasteiger partial charge in [-0.05, 0) is 71.6 Å². The molecule has 0 amide bonds. The first kappa shape index (κ1) is 27.7. The van der Waals surface area contributed by atoms with Crippen molar-refractivity contribution in [3.8, 4) is 0 Å². The molecule has 0 aromatic rings. The first-order valence-electron chi connectivity index (χ1n) is 12.8. The van der Waals surface area contributed by atoms with E-state index in [1.807, 2.05) is 34.6 Å². The van der Waals surface area contributed by atoms with Crippen molar-refractivity contribution in [1.82, 2.24) is 0 Å². The highest BCUT2D eigenvalue weighted by molar-refractivity contribution is 5.87. The number of aliphatic hydroxyl groups is 1. The van der Waals surface area contributed by atoms with Crippen LogP contribution in [0, 0.1) is 17.3 Å². The van der Waals surface area contributed by atoms with Crippen molar-refractivity contribution < 1.29 is 28.8 Å². The second kappa shape index (κ2) is 12.3. The van der Waals surface area contributed by atoms with Crippen molar-refractivity contribution in [3.63, 3.8) is 0 Å². The fourth-order valence-corrected chi connectivity index (χ4v) is 5.08. The molecule has 6 heteroatoms. The molecule has 0 aromatic carbocycles. The third-order valence-electron chi connectivity index (χ3n) is 7.16. The van der Waals surface area contributed by atoms with E-state index in [-0.39, 0.29) is 42.2 Å². The van der Waals surface area contributed by atoms with Gasteiger partial charge in [0.05, 0.1) is 30.3 Å². The molecule has 2 fully saturated rings. The third kappa shape index (κ3) is 7.76. The zero-order valence-electron chi connectivity index (χ0n) is 21.5. The lowest BCUT2D eigenvalue weighted by Crippen LogP contribution is -2.52. The topological polar surface area (TPSA) is 74.2 Å². The van der Waals surface area contributed by atoms with Crippen LogP contribution in [0.5, 0.6) is 0 Å². The number of ketones is 1. The molecule has 2 aliphatic rings. The van der Waals surface area contributed by atoms with Gasteiger partial charge in [0.25, 0.3) is 0 Å². The Kier molecular flexibility index (Phi) is 10.6. The first-order valence-corrected chi connectivity index (χ1v) is 12.8. The molecule has 1 N–H and O–H groups in total. The van der Waals surface area contributed by atoms with Crippen LogP contribution in [0.4, 0.5) is 0 Å². The van der Waals surface area contributed by atoms with Crippen LogP contribution in [-0.4, -0.2) is 54.5 Å². The Balaban J connectivity index is 2.19. The van der Waals surface area contributed by atoms with Crippen molar-refractivity contribution in [1.29, 1.82) is 0 Å². The van der Waals surface area contributed by atoms with Gasteiger partial charge in [0.1, 0.15) is 5.78 Å². The van der Waals surface area contributed by atoms with Gasteiger partial charge in [0.15, 0.2) is 12.1 Å². The van der Waals surface area contributed by atoms with E-state index in [1.165, 1.54) is 0 Å². The highest BCUT2D eigenvalue weighted by Crippen LogP contribution is 2.39. The van der Waals surface area contributed by atoms with Gasteiger partial charge in [-0.1, -0.05) is 34.1 Å². The number of hydrogen-bond acceptors (Lipinski definition) is 6. The summed E-state index contributed by atoms with van der Waals surface area (Å²) in [6.45, 7) is 15.2. The van der Waals surface area contributed by atoms with Crippen LogP contribution in [0.1, 0.15) is 99.8 Å². The first-order chi connectivity index (χ1) is 15.0. The number of carbonyl (C=O) groups excluding carboxylic acids is 1. The largest absolute Gasteiger partial charge is 0.393 e. The molecule has 188 valence electrons. The third-order valence-corrected chi connectivity index (χ3v) is 7.16. The van der Waals surface area contributed by atoms with Crippen LogP contribution in [0.25, 0.3) is 0 Å². The monoisotopic (exact) mass is 456 g/mol. The average Bonchev–Trinajstić information content (AvgIpc) is 2.73. The van der Waals surface area contributed by atoms with E-state index in [0.29, 0.717) is 19.4 Å². The van der Waals surface area contributed by atoms with Gasteiger partial charge in [0, 0.05) is 12.5 Å². The SMILES string of the molecule is CCC(C(=O)C(C)(C)[C@@H]1CCOC(C)(C)O1)[C@@H](OC1CCCCO1)[C@@H](C)CCCC(C)O. The second-order valence-electron chi connectivity index (χ2n) is 10.9. The van der Waals surface area contributed by atoms with Crippen LogP contribution in [-0.2, 0) is 23.7 Å². The second-order valence-corrected chi connectivity index (χ2v) is 10.9. The minimum Gasteiger partial charge on any atom is -0.393 e. The Labute approximate surface area is 195 Å². The molecule has 6 nitrogen and oxygen atoms in total. The average molecular weight is 457 g/mol. The van der Waals surface area contributed by atoms with Crippen molar-refractivity contribution in [3.05, 3.63) is 0 Å². The summed E-state index contributed by atoms with van der Waals surface area (Å²) in [5.74, 6) is -0.518. The Morgan fingerprint density at radius 3 is 2.44 bits per heavy atom. The molecule has 2 saturated heterocycles.